The van der Waals surface area contributed by atoms with Crippen LogP contribution in [0, 0.1) is 57.7 Å². The van der Waals surface area contributed by atoms with Gasteiger partial charge < -0.3 is 29.2 Å². The van der Waals surface area contributed by atoms with Gasteiger partial charge in [0.15, 0.2) is 6.29 Å². The van der Waals surface area contributed by atoms with E-state index in [1.165, 1.54) is 0 Å². The van der Waals surface area contributed by atoms with Gasteiger partial charge in [0, 0.05) is 11.3 Å². The molecule has 13 atom stereocenters. The van der Waals surface area contributed by atoms with Gasteiger partial charge in [-0.2, -0.15) is 0 Å². The quantitative estimate of drug-likeness (QED) is 0.388. The molecule has 6 rings (SSSR count). The first kappa shape index (κ1) is 26.0. The zero-order chi connectivity index (χ0) is 26.5. The van der Waals surface area contributed by atoms with E-state index in [1.54, 1.807) is 0 Å². The zero-order valence-electron chi connectivity index (χ0n) is 22.9. The van der Waals surface area contributed by atoms with E-state index in [2.05, 4.69) is 33.8 Å². The van der Waals surface area contributed by atoms with Crippen LogP contribution in [0.1, 0.15) is 66.7 Å². The van der Waals surface area contributed by atoms with Crippen molar-refractivity contribution in [3.8, 4) is 0 Å². The lowest BCUT2D eigenvalue weighted by molar-refractivity contribution is -0.289. The fourth-order valence-electron chi connectivity index (χ4n) is 10.6. The number of hydrogen-bond acceptors (Lipinski definition) is 6. The minimum atomic E-state index is -1.28. The van der Waals surface area contributed by atoms with Crippen LogP contribution in [0.15, 0.2) is 11.6 Å². The predicted molar refractivity (Wildman–Crippen MR) is 135 cm³/mol. The molecule has 0 amide bonds. The van der Waals surface area contributed by atoms with E-state index in [9.17, 15) is 19.8 Å². The Kier molecular flexibility index (Phi) is 6.04. The first-order chi connectivity index (χ1) is 17.6. The number of aliphatic hydroxyl groups is 1. The molecule has 3 saturated carbocycles. The van der Waals surface area contributed by atoms with Gasteiger partial charge in [-0.1, -0.05) is 52.2 Å². The SMILES string of the molecule is CC[C@@H]1CO[C@H]2[C@@H]1[C@@H](O)[C@H](OC[C@@]13C[C@@H]4[C@H](C)CC[C@H]4[C@@]4(C=O)C[C@@H]1C=C(C(C)C)[C@@]34C(=O)O)O[C@@H]2C. The maximum atomic E-state index is 13.6. The van der Waals surface area contributed by atoms with Crippen LogP contribution in [-0.4, -0.2) is 60.3 Å². The van der Waals surface area contributed by atoms with Crippen molar-refractivity contribution in [2.75, 3.05) is 13.2 Å². The highest BCUT2D eigenvalue weighted by Gasteiger charge is 2.84. The number of aliphatic hydroxyl groups excluding tert-OH is 1. The first-order valence-corrected chi connectivity index (χ1v) is 14.6. The van der Waals surface area contributed by atoms with Crippen molar-refractivity contribution in [1.29, 1.82) is 0 Å². The predicted octanol–water partition coefficient (Wildman–Crippen LogP) is 4.07. The maximum absolute atomic E-state index is 13.6. The third-order valence-electron chi connectivity index (χ3n) is 12.1. The molecule has 0 aromatic heterocycles. The van der Waals surface area contributed by atoms with Gasteiger partial charge in [0.1, 0.15) is 17.8 Å². The van der Waals surface area contributed by atoms with Gasteiger partial charge in [-0.05, 0) is 61.7 Å². The number of carbonyl (C=O) groups is 2. The summed E-state index contributed by atoms with van der Waals surface area (Å²) in [6, 6.07) is 0. The molecule has 0 aromatic carbocycles. The molecular weight excluding hydrogens is 472 g/mol. The van der Waals surface area contributed by atoms with Gasteiger partial charge >= 0.3 is 5.97 Å². The van der Waals surface area contributed by atoms with E-state index in [0.29, 0.717) is 24.9 Å². The molecule has 37 heavy (non-hydrogen) atoms. The Morgan fingerprint density at radius 2 is 2.03 bits per heavy atom. The molecule has 0 unspecified atom stereocenters. The molecule has 4 bridgehead atoms. The van der Waals surface area contributed by atoms with Gasteiger partial charge in [-0.25, -0.2) is 0 Å². The topological polar surface area (TPSA) is 102 Å². The molecule has 0 radical (unpaired) electrons. The van der Waals surface area contributed by atoms with Crippen LogP contribution >= 0.6 is 0 Å². The molecule has 2 saturated heterocycles. The molecule has 7 heteroatoms. The van der Waals surface area contributed by atoms with Crippen molar-refractivity contribution in [1.82, 2.24) is 0 Å². The molecule has 2 N–H and O–H groups in total. The summed E-state index contributed by atoms with van der Waals surface area (Å²) in [6.45, 7) is 11.2. The largest absolute Gasteiger partial charge is 0.481 e. The Hall–Kier alpha value is -1.28. The Balaban J connectivity index is 1.39. The number of hydrogen-bond donors (Lipinski definition) is 2. The van der Waals surface area contributed by atoms with E-state index < -0.39 is 34.6 Å². The summed E-state index contributed by atoms with van der Waals surface area (Å²) in [5.41, 5.74) is -2.01. The first-order valence-electron chi connectivity index (χ1n) is 14.6. The van der Waals surface area contributed by atoms with Crippen molar-refractivity contribution >= 4 is 12.3 Å². The van der Waals surface area contributed by atoms with Crippen molar-refractivity contribution in [3.63, 3.8) is 0 Å². The van der Waals surface area contributed by atoms with E-state index >= 15 is 0 Å². The van der Waals surface area contributed by atoms with Crippen LogP contribution < -0.4 is 0 Å². The normalized spacial score (nSPS) is 53.8. The van der Waals surface area contributed by atoms with Gasteiger partial charge in [0.25, 0.3) is 0 Å². The zero-order valence-corrected chi connectivity index (χ0v) is 22.9. The van der Waals surface area contributed by atoms with Crippen molar-refractivity contribution in [2.45, 2.75) is 91.3 Å². The standard InChI is InChI=1S/C30H44O7/c1-6-18-12-35-25-17(5)37-26(24(32)23(18)25)36-14-29-11-20-16(4)7-8-21(20)28(13-31)10-19(29)9-22(15(2)3)30(28,29)27(33)34/h9,13,15-21,23-26,32H,6-8,10-12,14H2,1-5H3,(H,33,34)/t16-,17-,18-,19+,20-,21-,23+,24-,25-,26-,28+,29+,30+/m1/s1. The second kappa shape index (κ2) is 8.61. The second-order valence-electron chi connectivity index (χ2n) is 13.5. The lowest BCUT2D eigenvalue weighted by atomic mass is 9.43. The van der Waals surface area contributed by atoms with Crippen LogP contribution in [-0.2, 0) is 23.8 Å². The average Bonchev–Trinajstić information content (AvgIpc) is 3.58. The summed E-state index contributed by atoms with van der Waals surface area (Å²) >= 11 is 0. The Labute approximate surface area is 220 Å². The molecule has 0 spiro atoms. The summed E-state index contributed by atoms with van der Waals surface area (Å²) in [4.78, 5) is 26.8. The summed E-state index contributed by atoms with van der Waals surface area (Å²) in [5.74, 6) is 0.142. The van der Waals surface area contributed by atoms with E-state index in [-0.39, 0.29) is 48.4 Å². The fraction of sp³-hybridized carbons (Fsp3) is 0.867. The summed E-state index contributed by atoms with van der Waals surface area (Å²) in [6.07, 6.45) is 5.37. The van der Waals surface area contributed by atoms with Crippen LogP contribution in [0.25, 0.3) is 0 Å². The lowest BCUT2D eigenvalue weighted by Crippen LogP contribution is -2.64. The highest BCUT2D eigenvalue weighted by molar-refractivity contribution is 5.90. The molecule has 2 heterocycles. The number of rotatable bonds is 7. The number of fused-ring (bicyclic) bond motifs is 3. The van der Waals surface area contributed by atoms with E-state index in [4.69, 9.17) is 14.2 Å². The monoisotopic (exact) mass is 516 g/mol. The third-order valence-corrected chi connectivity index (χ3v) is 12.1. The van der Waals surface area contributed by atoms with E-state index in [0.717, 1.165) is 37.5 Å². The maximum Gasteiger partial charge on any atom is 0.315 e. The number of aliphatic carboxylic acids is 1. The third kappa shape index (κ3) is 2.98. The number of aldehydes is 1. The van der Waals surface area contributed by atoms with Crippen LogP contribution in [0.3, 0.4) is 0 Å². The number of carbonyl (C=O) groups excluding carboxylic acids is 1. The lowest BCUT2D eigenvalue weighted by Gasteiger charge is -2.58. The Bertz CT molecular complexity index is 992. The molecule has 7 nitrogen and oxygen atoms in total. The summed E-state index contributed by atoms with van der Waals surface area (Å²) in [5, 5.41) is 22.5. The number of carboxylic acid groups (broad SMARTS) is 1. The van der Waals surface area contributed by atoms with Gasteiger partial charge in [0.05, 0.1) is 30.8 Å². The van der Waals surface area contributed by atoms with Crippen molar-refractivity contribution in [3.05, 3.63) is 11.6 Å². The fourth-order valence-corrected chi connectivity index (χ4v) is 10.6. The van der Waals surface area contributed by atoms with Gasteiger partial charge in [0.2, 0.25) is 0 Å². The Morgan fingerprint density at radius 3 is 2.68 bits per heavy atom. The molecule has 4 aliphatic carbocycles. The number of ether oxygens (including phenoxy) is 3. The molecule has 5 fully saturated rings. The number of carboxylic acids is 1. The molecule has 6 aliphatic rings. The summed E-state index contributed by atoms with van der Waals surface area (Å²) < 4.78 is 18.7. The minimum Gasteiger partial charge on any atom is -0.481 e. The van der Waals surface area contributed by atoms with Crippen LogP contribution in [0.5, 0.6) is 0 Å². The van der Waals surface area contributed by atoms with Crippen molar-refractivity contribution < 1.29 is 34.0 Å². The summed E-state index contributed by atoms with van der Waals surface area (Å²) in [7, 11) is 0. The van der Waals surface area contributed by atoms with Crippen LogP contribution in [0.2, 0.25) is 0 Å². The van der Waals surface area contributed by atoms with Crippen LogP contribution in [0.4, 0.5) is 0 Å². The number of allylic oxidation sites excluding steroid dienone is 1. The Morgan fingerprint density at radius 1 is 1.27 bits per heavy atom. The molecule has 206 valence electrons. The highest BCUT2D eigenvalue weighted by atomic mass is 16.7. The minimum absolute atomic E-state index is 0.0220. The van der Waals surface area contributed by atoms with E-state index in [1.807, 2.05) is 6.92 Å². The molecule has 0 aromatic rings. The molecule has 2 aliphatic heterocycles. The smallest absolute Gasteiger partial charge is 0.315 e. The van der Waals surface area contributed by atoms with Gasteiger partial charge in [-0.3, -0.25) is 4.79 Å². The molecular formula is C30H44O7. The highest BCUT2D eigenvalue weighted by Crippen LogP contribution is 2.82. The average molecular weight is 517 g/mol. The second-order valence-corrected chi connectivity index (χ2v) is 13.5. The van der Waals surface area contributed by atoms with Gasteiger partial charge in [-0.15, -0.1) is 0 Å². The van der Waals surface area contributed by atoms with Crippen molar-refractivity contribution in [2.24, 2.45) is 57.7 Å².